The van der Waals surface area contributed by atoms with Crippen LogP contribution in [0.2, 0.25) is 0 Å². The number of halogens is 1. The molecule has 2 aromatic carbocycles. The molecule has 1 saturated heterocycles. The van der Waals surface area contributed by atoms with Crippen molar-refractivity contribution >= 4 is 21.8 Å². The molecule has 1 amide bonds. The van der Waals surface area contributed by atoms with Crippen LogP contribution in [0, 0.1) is 0 Å². The first-order valence-electron chi connectivity index (χ1n) is 9.12. The van der Waals surface area contributed by atoms with E-state index in [9.17, 15) is 4.79 Å². The van der Waals surface area contributed by atoms with E-state index in [1.165, 1.54) is 0 Å². The Bertz CT molecular complexity index is 818. The molecular formula is C21H25BrN2O4. The molecule has 1 aliphatic heterocycles. The number of nitrogens with zero attached hydrogens (tertiary/aromatic N) is 2. The molecule has 0 unspecified atom stereocenters. The molecule has 28 heavy (non-hydrogen) atoms. The van der Waals surface area contributed by atoms with Gasteiger partial charge in [-0.25, -0.2) is 0 Å². The summed E-state index contributed by atoms with van der Waals surface area (Å²) in [4.78, 5) is 16.9. The summed E-state index contributed by atoms with van der Waals surface area (Å²) in [5.41, 5.74) is 1.76. The molecule has 1 fully saturated rings. The lowest BCUT2D eigenvalue weighted by Gasteiger charge is -2.35. The van der Waals surface area contributed by atoms with Crippen LogP contribution in [0.15, 0.2) is 40.9 Å². The lowest BCUT2D eigenvalue weighted by atomic mass is 10.1. The van der Waals surface area contributed by atoms with Crippen molar-refractivity contribution in [2.45, 2.75) is 6.54 Å². The first-order valence-corrected chi connectivity index (χ1v) is 9.91. The van der Waals surface area contributed by atoms with Crippen LogP contribution in [-0.4, -0.2) is 63.2 Å². The number of hydrogen-bond donors (Lipinski definition) is 0. The highest BCUT2D eigenvalue weighted by molar-refractivity contribution is 9.10. The highest BCUT2D eigenvalue weighted by Crippen LogP contribution is 2.40. The summed E-state index contributed by atoms with van der Waals surface area (Å²) in [5.74, 6) is 2.02. The van der Waals surface area contributed by atoms with Gasteiger partial charge in [0.25, 0.3) is 5.91 Å². The maximum Gasteiger partial charge on any atom is 0.253 e. The van der Waals surface area contributed by atoms with Crippen molar-refractivity contribution in [2.75, 3.05) is 47.5 Å². The second kappa shape index (κ2) is 9.30. The number of piperazine rings is 1. The lowest BCUT2D eigenvalue weighted by molar-refractivity contribution is 0.0627. The van der Waals surface area contributed by atoms with Crippen molar-refractivity contribution in [2.24, 2.45) is 0 Å². The van der Waals surface area contributed by atoms with E-state index in [-0.39, 0.29) is 5.91 Å². The number of rotatable bonds is 6. The Balaban J connectivity index is 1.64. The third-order valence-electron chi connectivity index (χ3n) is 4.93. The van der Waals surface area contributed by atoms with E-state index in [0.29, 0.717) is 30.3 Å². The van der Waals surface area contributed by atoms with E-state index >= 15 is 0 Å². The van der Waals surface area contributed by atoms with E-state index in [0.717, 1.165) is 35.2 Å². The van der Waals surface area contributed by atoms with E-state index in [1.54, 1.807) is 21.3 Å². The average Bonchev–Trinajstić information content (AvgIpc) is 2.73. The van der Waals surface area contributed by atoms with Crippen LogP contribution in [0.4, 0.5) is 0 Å². The van der Waals surface area contributed by atoms with Crippen molar-refractivity contribution < 1.29 is 19.0 Å². The molecule has 1 aliphatic rings. The van der Waals surface area contributed by atoms with Crippen LogP contribution >= 0.6 is 15.9 Å². The van der Waals surface area contributed by atoms with Gasteiger partial charge < -0.3 is 19.1 Å². The zero-order chi connectivity index (χ0) is 20.1. The summed E-state index contributed by atoms with van der Waals surface area (Å²) < 4.78 is 17.4. The zero-order valence-electron chi connectivity index (χ0n) is 16.4. The van der Waals surface area contributed by atoms with Crippen molar-refractivity contribution in [3.63, 3.8) is 0 Å². The molecule has 1 heterocycles. The summed E-state index contributed by atoms with van der Waals surface area (Å²) in [6.45, 7) is 3.73. The van der Waals surface area contributed by atoms with Crippen LogP contribution < -0.4 is 14.2 Å². The summed E-state index contributed by atoms with van der Waals surface area (Å²) in [7, 11) is 4.85. The summed E-state index contributed by atoms with van der Waals surface area (Å²) in [5, 5.41) is 0. The fraction of sp³-hybridized carbons (Fsp3) is 0.381. The SMILES string of the molecule is COc1ccc(CN2CCN(C(=O)c3ccc(Br)cc3)CC2)c(OC)c1OC. The van der Waals surface area contributed by atoms with Crippen molar-refractivity contribution in [3.05, 3.63) is 52.0 Å². The first kappa shape index (κ1) is 20.5. The van der Waals surface area contributed by atoms with Crippen LogP contribution in [-0.2, 0) is 6.54 Å². The zero-order valence-corrected chi connectivity index (χ0v) is 18.0. The number of ether oxygens (including phenoxy) is 3. The maximum absolute atomic E-state index is 12.7. The second-order valence-corrected chi connectivity index (χ2v) is 7.48. The smallest absolute Gasteiger partial charge is 0.253 e. The second-order valence-electron chi connectivity index (χ2n) is 6.57. The average molecular weight is 449 g/mol. The third kappa shape index (κ3) is 4.42. The molecule has 6 nitrogen and oxygen atoms in total. The molecule has 150 valence electrons. The van der Waals surface area contributed by atoms with Crippen LogP contribution in [0.25, 0.3) is 0 Å². The lowest BCUT2D eigenvalue weighted by Crippen LogP contribution is -2.48. The number of amides is 1. The van der Waals surface area contributed by atoms with Gasteiger partial charge in [0.05, 0.1) is 21.3 Å². The van der Waals surface area contributed by atoms with Gasteiger partial charge in [-0.05, 0) is 30.3 Å². The van der Waals surface area contributed by atoms with E-state index in [2.05, 4.69) is 20.8 Å². The predicted molar refractivity (Wildman–Crippen MR) is 111 cm³/mol. The Morgan fingerprint density at radius 3 is 2.11 bits per heavy atom. The topological polar surface area (TPSA) is 51.2 Å². The Morgan fingerprint density at radius 2 is 1.54 bits per heavy atom. The van der Waals surface area contributed by atoms with E-state index in [1.807, 2.05) is 41.3 Å². The molecule has 0 N–H and O–H groups in total. The molecule has 3 rings (SSSR count). The predicted octanol–water partition coefficient (Wildman–Crippen LogP) is 3.43. The molecule has 0 bridgehead atoms. The normalized spacial score (nSPS) is 14.6. The minimum Gasteiger partial charge on any atom is -0.493 e. The van der Waals surface area contributed by atoms with Gasteiger partial charge in [0.2, 0.25) is 5.75 Å². The fourth-order valence-electron chi connectivity index (χ4n) is 3.41. The van der Waals surface area contributed by atoms with Crippen molar-refractivity contribution in [1.82, 2.24) is 9.80 Å². The minimum absolute atomic E-state index is 0.0795. The number of carbonyl (C=O) groups excluding carboxylic acids is 1. The van der Waals surface area contributed by atoms with Gasteiger partial charge in [-0.1, -0.05) is 22.0 Å². The fourth-order valence-corrected chi connectivity index (χ4v) is 3.68. The van der Waals surface area contributed by atoms with Gasteiger partial charge in [0.15, 0.2) is 11.5 Å². The highest BCUT2D eigenvalue weighted by atomic mass is 79.9. The highest BCUT2D eigenvalue weighted by Gasteiger charge is 2.24. The Kier molecular flexibility index (Phi) is 6.80. The summed E-state index contributed by atoms with van der Waals surface area (Å²) in [6, 6.07) is 11.4. The summed E-state index contributed by atoms with van der Waals surface area (Å²) >= 11 is 3.40. The van der Waals surface area contributed by atoms with Crippen molar-refractivity contribution in [3.8, 4) is 17.2 Å². The van der Waals surface area contributed by atoms with Gasteiger partial charge in [-0.2, -0.15) is 0 Å². The molecule has 2 aromatic rings. The quantitative estimate of drug-likeness (QED) is 0.677. The molecular weight excluding hydrogens is 424 g/mol. The van der Waals surface area contributed by atoms with Crippen molar-refractivity contribution in [1.29, 1.82) is 0 Å². The largest absolute Gasteiger partial charge is 0.493 e. The molecule has 0 aliphatic carbocycles. The molecule has 0 spiro atoms. The molecule has 0 aromatic heterocycles. The molecule has 0 atom stereocenters. The van der Waals surface area contributed by atoms with E-state index < -0.39 is 0 Å². The molecule has 0 radical (unpaired) electrons. The Labute approximate surface area is 174 Å². The number of methoxy groups -OCH3 is 3. The van der Waals surface area contributed by atoms with Gasteiger partial charge in [0, 0.05) is 48.3 Å². The Hall–Kier alpha value is -2.25. The maximum atomic E-state index is 12.7. The minimum atomic E-state index is 0.0795. The van der Waals surface area contributed by atoms with Gasteiger partial charge >= 0.3 is 0 Å². The molecule has 7 heteroatoms. The van der Waals surface area contributed by atoms with Gasteiger partial charge in [-0.3, -0.25) is 9.69 Å². The number of carbonyl (C=O) groups is 1. The first-order chi connectivity index (χ1) is 13.6. The standard InChI is InChI=1S/C21H25BrN2O4/c1-26-18-9-6-16(19(27-2)20(18)28-3)14-23-10-12-24(13-11-23)21(25)15-4-7-17(22)8-5-15/h4-9H,10-14H2,1-3H3. The third-order valence-corrected chi connectivity index (χ3v) is 5.46. The van der Waals surface area contributed by atoms with Gasteiger partial charge in [0.1, 0.15) is 0 Å². The van der Waals surface area contributed by atoms with Crippen LogP contribution in [0.5, 0.6) is 17.2 Å². The monoisotopic (exact) mass is 448 g/mol. The van der Waals surface area contributed by atoms with Gasteiger partial charge in [-0.15, -0.1) is 0 Å². The number of hydrogen-bond acceptors (Lipinski definition) is 5. The molecule has 0 saturated carbocycles. The number of benzene rings is 2. The summed E-state index contributed by atoms with van der Waals surface area (Å²) in [6.07, 6.45) is 0. The van der Waals surface area contributed by atoms with E-state index in [4.69, 9.17) is 14.2 Å². The Morgan fingerprint density at radius 1 is 0.893 bits per heavy atom. The van der Waals surface area contributed by atoms with Crippen LogP contribution in [0.3, 0.4) is 0 Å². The van der Waals surface area contributed by atoms with Crippen LogP contribution in [0.1, 0.15) is 15.9 Å².